The van der Waals surface area contributed by atoms with Gasteiger partial charge in [-0.25, -0.2) is 12.7 Å². The number of aliphatic hydroxyl groups excluding tert-OH is 1. The predicted octanol–water partition coefficient (Wildman–Crippen LogP) is -0.448. The number of hydrogen-bond acceptors (Lipinski definition) is 5. The van der Waals surface area contributed by atoms with Crippen LogP contribution in [-0.2, 0) is 36.6 Å². The molecule has 0 spiro atoms. The topological polar surface area (TPSA) is 78.7 Å². The summed E-state index contributed by atoms with van der Waals surface area (Å²) in [6.45, 7) is 2.33. The second-order valence-electron chi connectivity index (χ2n) is 5.63. The molecular formula is C13H24N4O3S. The first-order chi connectivity index (χ1) is 9.85. The van der Waals surface area contributed by atoms with Crippen molar-refractivity contribution >= 4 is 10.0 Å². The molecule has 0 saturated heterocycles. The molecule has 0 saturated carbocycles. The molecule has 1 aromatic heterocycles. The van der Waals surface area contributed by atoms with Gasteiger partial charge in [-0.15, -0.1) is 0 Å². The summed E-state index contributed by atoms with van der Waals surface area (Å²) in [5, 5.41) is 13.7. The highest BCUT2D eigenvalue weighted by molar-refractivity contribution is 7.89. The molecule has 0 unspecified atom stereocenters. The van der Waals surface area contributed by atoms with E-state index in [1.807, 2.05) is 11.7 Å². The number of aliphatic hydroxyl groups is 1. The van der Waals surface area contributed by atoms with Crippen LogP contribution in [0.5, 0.6) is 0 Å². The number of hydrogen-bond donors (Lipinski definition) is 1. The number of nitrogens with zero attached hydrogens (tertiary/aromatic N) is 4. The Bertz CT molecular complexity index is 595. The molecule has 2 heterocycles. The summed E-state index contributed by atoms with van der Waals surface area (Å²) < 4.78 is 26.6. The SMILES string of the molecule is CN(C)S(=O)(=O)CCCN1CCc2c(c(CO)nn2C)C1. The number of fused-ring (bicyclic) bond motifs is 1. The van der Waals surface area contributed by atoms with Gasteiger partial charge >= 0.3 is 0 Å². The van der Waals surface area contributed by atoms with Gasteiger partial charge in [0.25, 0.3) is 0 Å². The third-order valence-corrected chi connectivity index (χ3v) is 5.90. The quantitative estimate of drug-likeness (QED) is 0.769. The van der Waals surface area contributed by atoms with Gasteiger partial charge in [0.1, 0.15) is 0 Å². The molecule has 0 amide bonds. The number of sulfonamides is 1. The molecule has 7 nitrogen and oxygen atoms in total. The molecule has 0 radical (unpaired) electrons. The zero-order chi connectivity index (χ0) is 15.6. The van der Waals surface area contributed by atoms with Gasteiger partial charge in [0, 0.05) is 51.9 Å². The van der Waals surface area contributed by atoms with E-state index in [2.05, 4.69) is 10.00 Å². The van der Waals surface area contributed by atoms with E-state index >= 15 is 0 Å². The van der Waals surface area contributed by atoms with Gasteiger partial charge in [0.15, 0.2) is 0 Å². The summed E-state index contributed by atoms with van der Waals surface area (Å²) in [6, 6.07) is 0. The Morgan fingerprint density at radius 2 is 2.10 bits per heavy atom. The Labute approximate surface area is 126 Å². The van der Waals surface area contributed by atoms with E-state index in [4.69, 9.17) is 0 Å². The molecule has 0 atom stereocenters. The molecule has 1 aromatic rings. The second kappa shape index (κ2) is 6.43. The van der Waals surface area contributed by atoms with Crippen LogP contribution in [0, 0.1) is 0 Å². The fraction of sp³-hybridized carbons (Fsp3) is 0.769. The van der Waals surface area contributed by atoms with Crippen molar-refractivity contribution in [2.45, 2.75) is 26.0 Å². The summed E-state index contributed by atoms with van der Waals surface area (Å²) in [7, 11) is 1.90. The summed E-state index contributed by atoms with van der Waals surface area (Å²) in [5.74, 6) is 0.170. The summed E-state index contributed by atoms with van der Waals surface area (Å²) in [6.07, 6.45) is 1.50. The minimum Gasteiger partial charge on any atom is -0.390 e. The van der Waals surface area contributed by atoms with Gasteiger partial charge in [-0.1, -0.05) is 0 Å². The molecular weight excluding hydrogens is 292 g/mol. The first-order valence-electron chi connectivity index (χ1n) is 7.12. The molecule has 0 aliphatic carbocycles. The normalized spacial score (nSPS) is 16.4. The van der Waals surface area contributed by atoms with Crippen molar-refractivity contribution in [3.05, 3.63) is 17.0 Å². The van der Waals surface area contributed by atoms with Crippen LogP contribution in [0.2, 0.25) is 0 Å². The lowest BCUT2D eigenvalue weighted by Gasteiger charge is -2.27. The fourth-order valence-electron chi connectivity index (χ4n) is 2.70. The maximum atomic E-state index is 11.7. The van der Waals surface area contributed by atoms with Gasteiger partial charge in [-0.2, -0.15) is 5.10 Å². The maximum Gasteiger partial charge on any atom is 0.213 e. The Hall–Kier alpha value is -0.960. The van der Waals surface area contributed by atoms with Gasteiger partial charge < -0.3 is 5.11 Å². The van der Waals surface area contributed by atoms with Crippen molar-refractivity contribution in [3.8, 4) is 0 Å². The van der Waals surface area contributed by atoms with Crippen molar-refractivity contribution in [1.29, 1.82) is 0 Å². The molecule has 21 heavy (non-hydrogen) atoms. The molecule has 8 heteroatoms. The van der Waals surface area contributed by atoms with E-state index in [1.54, 1.807) is 14.1 Å². The minimum atomic E-state index is -3.12. The molecule has 0 bridgehead atoms. The van der Waals surface area contributed by atoms with Crippen LogP contribution < -0.4 is 0 Å². The molecule has 0 fully saturated rings. The van der Waals surface area contributed by atoms with Gasteiger partial charge in [-0.05, 0) is 13.0 Å². The van der Waals surface area contributed by atoms with Gasteiger partial charge in [0.2, 0.25) is 10.0 Å². The van der Waals surface area contributed by atoms with Crippen LogP contribution in [0.3, 0.4) is 0 Å². The van der Waals surface area contributed by atoms with Crippen LogP contribution in [0.4, 0.5) is 0 Å². The van der Waals surface area contributed by atoms with E-state index < -0.39 is 10.0 Å². The first kappa shape index (κ1) is 16.4. The monoisotopic (exact) mass is 316 g/mol. The summed E-state index contributed by atoms with van der Waals surface area (Å²) >= 11 is 0. The van der Waals surface area contributed by atoms with E-state index in [0.29, 0.717) is 6.42 Å². The fourth-order valence-corrected chi connectivity index (χ4v) is 3.56. The van der Waals surface area contributed by atoms with Crippen LogP contribution in [0.1, 0.15) is 23.4 Å². The summed E-state index contributed by atoms with van der Waals surface area (Å²) in [5.41, 5.74) is 3.01. The van der Waals surface area contributed by atoms with Gasteiger partial charge in [-0.3, -0.25) is 9.58 Å². The molecule has 120 valence electrons. The number of aryl methyl sites for hydroxylation is 1. The Kier molecular flexibility index (Phi) is 5.03. The van der Waals surface area contributed by atoms with E-state index in [1.165, 1.54) is 10.00 Å². The van der Waals surface area contributed by atoms with Crippen molar-refractivity contribution in [2.75, 3.05) is 32.9 Å². The van der Waals surface area contributed by atoms with Gasteiger partial charge in [0.05, 0.1) is 18.1 Å². The van der Waals surface area contributed by atoms with Crippen molar-refractivity contribution in [1.82, 2.24) is 19.0 Å². The van der Waals surface area contributed by atoms with Crippen molar-refractivity contribution in [2.24, 2.45) is 7.05 Å². The second-order valence-corrected chi connectivity index (χ2v) is 7.93. The van der Waals surface area contributed by atoms with Crippen molar-refractivity contribution in [3.63, 3.8) is 0 Å². The lowest BCUT2D eigenvalue weighted by molar-refractivity contribution is 0.244. The number of aromatic nitrogens is 2. The van der Waals surface area contributed by atoms with E-state index in [9.17, 15) is 13.5 Å². The molecule has 1 aliphatic rings. The highest BCUT2D eigenvalue weighted by Gasteiger charge is 2.23. The highest BCUT2D eigenvalue weighted by Crippen LogP contribution is 2.22. The zero-order valence-corrected chi connectivity index (χ0v) is 13.7. The largest absolute Gasteiger partial charge is 0.390 e. The number of rotatable bonds is 6. The lowest BCUT2D eigenvalue weighted by atomic mass is 10.1. The Balaban J connectivity index is 1.93. The molecule has 0 aromatic carbocycles. The summed E-state index contributed by atoms with van der Waals surface area (Å²) in [4.78, 5) is 2.23. The predicted molar refractivity (Wildman–Crippen MR) is 80.2 cm³/mol. The van der Waals surface area contributed by atoms with Crippen molar-refractivity contribution < 1.29 is 13.5 Å². The first-order valence-corrected chi connectivity index (χ1v) is 8.73. The minimum absolute atomic E-state index is 0.0496. The average molecular weight is 316 g/mol. The smallest absolute Gasteiger partial charge is 0.213 e. The maximum absolute atomic E-state index is 11.7. The highest BCUT2D eigenvalue weighted by atomic mass is 32.2. The third kappa shape index (κ3) is 3.63. The van der Waals surface area contributed by atoms with Crippen LogP contribution in [0.15, 0.2) is 0 Å². The molecule has 1 aliphatic heterocycles. The van der Waals surface area contributed by atoms with Crippen LogP contribution in [-0.4, -0.2) is 65.4 Å². The average Bonchev–Trinajstić information content (AvgIpc) is 2.74. The van der Waals surface area contributed by atoms with E-state index in [-0.39, 0.29) is 12.4 Å². The van der Waals surface area contributed by atoms with Crippen LogP contribution in [0.25, 0.3) is 0 Å². The van der Waals surface area contributed by atoms with E-state index in [0.717, 1.165) is 37.3 Å². The Morgan fingerprint density at radius 1 is 1.38 bits per heavy atom. The standard InChI is InChI=1S/C13H24N4O3S/c1-15(2)21(19,20)8-4-6-17-7-5-13-11(9-17)12(10-18)14-16(13)3/h18H,4-10H2,1-3H3. The Morgan fingerprint density at radius 3 is 2.71 bits per heavy atom. The lowest BCUT2D eigenvalue weighted by Crippen LogP contribution is -2.34. The molecule has 1 N–H and O–H groups in total. The zero-order valence-electron chi connectivity index (χ0n) is 12.9. The molecule has 2 rings (SSSR count). The van der Waals surface area contributed by atoms with Crippen LogP contribution >= 0.6 is 0 Å². The third-order valence-electron chi connectivity index (χ3n) is 3.99.